The highest BCUT2D eigenvalue weighted by molar-refractivity contribution is 7.99. The lowest BCUT2D eigenvalue weighted by Crippen LogP contribution is -2.61. The van der Waals surface area contributed by atoms with Crippen molar-refractivity contribution in [3.05, 3.63) is 0 Å². The van der Waals surface area contributed by atoms with Crippen molar-refractivity contribution in [3.8, 4) is 0 Å². The molecule has 15 nitrogen and oxygen atoms in total. The molecule has 1 amide bonds. The Balaban J connectivity index is 2.46. The number of nitrogens with one attached hydrogen (secondary N) is 1. The summed E-state index contributed by atoms with van der Waals surface area (Å²) < 4.78 is 10.4. The van der Waals surface area contributed by atoms with Crippen molar-refractivity contribution in [2.45, 2.75) is 81.3 Å². The van der Waals surface area contributed by atoms with Gasteiger partial charge in [0.05, 0.1) is 19.4 Å². The Morgan fingerprint density at radius 3 is 2.42 bits per heavy atom. The minimum absolute atomic E-state index is 0.163. The van der Waals surface area contributed by atoms with Crippen molar-refractivity contribution in [1.29, 1.82) is 0 Å². The molecular weight excluding hydrogens is 532 g/mol. The van der Waals surface area contributed by atoms with E-state index in [4.69, 9.17) is 14.3 Å². The Morgan fingerprint density at radius 1 is 1.08 bits per heavy atom. The summed E-state index contributed by atoms with van der Waals surface area (Å²) >= 11 is 1.63. The van der Waals surface area contributed by atoms with Gasteiger partial charge in [0.1, 0.15) is 54.6 Å². The van der Waals surface area contributed by atoms with Crippen molar-refractivity contribution >= 4 is 29.7 Å². The van der Waals surface area contributed by atoms with Crippen LogP contribution in [0.5, 0.6) is 0 Å². The van der Waals surface area contributed by atoms with Crippen LogP contribution in [0.2, 0.25) is 0 Å². The first kappa shape index (κ1) is 34.6. The molecule has 0 saturated carbocycles. The smallest absolute Gasteiger partial charge is 0.260 e. The van der Waals surface area contributed by atoms with Crippen LogP contribution in [0.3, 0.4) is 0 Å². The molecule has 0 aromatic carbocycles. The number of unbranched alkanes of at least 4 members (excludes halogenated alkanes) is 1. The molecule has 4 unspecified atom stereocenters. The van der Waals surface area contributed by atoms with Gasteiger partial charge in [-0.05, 0) is 25.5 Å². The second kappa shape index (κ2) is 18.8. The molecule has 0 bridgehead atoms. The third-order valence-corrected chi connectivity index (χ3v) is 6.58. The maximum atomic E-state index is 11.8. The molecule has 0 radical (unpaired) electrons. The van der Waals surface area contributed by atoms with Crippen LogP contribution in [-0.2, 0) is 23.9 Å². The second-order valence-electron chi connectivity index (χ2n) is 8.68. The molecule has 0 aliphatic carbocycles. The number of rotatable bonds is 19. The molecule has 1 aliphatic heterocycles. The number of aliphatic hydroxyl groups is 8. The summed E-state index contributed by atoms with van der Waals surface area (Å²) in [6.07, 6.45) is -12.8. The minimum Gasteiger partial charge on any atom is -0.394 e. The number of oxime groups is 1. The van der Waals surface area contributed by atoms with E-state index >= 15 is 0 Å². The lowest BCUT2D eigenvalue weighted by Gasteiger charge is -2.42. The van der Waals surface area contributed by atoms with Crippen molar-refractivity contribution in [3.63, 3.8) is 0 Å². The van der Waals surface area contributed by atoms with E-state index in [2.05, 4.69) is 10.5 Å². The zero-order valence-corrected chi connectivity index (χ0v) is 21.9. The maximum absolute atomic E-state index is 11.8. The lowest BCUT2D eigenvalue weighted by atomic mass is 9.98. The highest BCUT2D eigenvalue weighted by atomic mass is 32.2. The van der Waals surface area contributed by atoms with Crippen molar-refractivity contribution in [2.24, 2.45) is 5.16 Å². The third-order valence-electron chi connectivity index (χ3n) is 5.51. The molecule has 1 heterocycles. The number of carbonyl (C=O) groups excluding carboxylic acids is 2. The van der Waals surface area contributed by atoms with E-state index in [9.17, 15) is 50.4 Å². The van der Waals surface area contributed by atoms with Crippen molar-refractivity contribution in [2.75, 3.05) is 37.9 Å². The molecule has 16 heteroatoms. The first-order valence-electron chi connectivity index (χ1n) is 12.1. The standard InChI is InChI=1S/C22H40N2O13S/c1-12(27)4-2-3-6-38-7-5-23-16(30)11-35-24-8-13(28)17(31)21(14(29)9-25)37-22-20(34)19(33)18(32)15(10-26)36-22/h8,13-15,17-22,25-26,28-29,31-34H,2-7,9-11H2,1H3,(H,23,30)/b24-8+/t13?,14?,15?,17-,18-,19+,20?,21-,22+/m1/s1. The molecule has 1 saturated heterocycles. The summed E-state index contributed by atoms with van der Waals surface area (Å²) in [5.74, 6) is 1.23. The monoisotopic (exact) mass is 572 g/mol. The molecule has 9 atom stereocenters. The lowest BCUT2D eigenvalue weighted by molar-refractivity contribution is -0.326. The Hall–Kier alpha value is -1.44. The summed E-state index contributed by atoms with van der Waals surface area (Å²) in [6, 6.07) is 0. The van der Waals surface area contributed by atoms with E-state index in [1.54, 1.807) is 18.7 Å². The zero-order chi connectivity index (χ0) is 28.7. The van der Waals surface area contributed by atoms with Crippen LogP contribution < -0.4 is 5.32 Å². The average Bonchev–Trinajstić information content (AvgIpc) is 2.89. The van der Waals surface area contributed by atoms with E-state index in [0.29, 0.717) is 24.9 Å². The molecule has 9 N–H and O–H groups in total. The number of ether oxygens (including phenoxy) is 2. The van der Waals surface area contributed by atoms with E-state index in [1.165, 1.54) is 0 Å². The fourth-order valence-electron chi connectivity index (χ4n) is 3.31. The van der Waals surface area contributed by atoms with Crippen LogP contribution in [-0.4, -0.2) is 152 Å². The normalized spacial score (nSPS) is 27.0. The predicted molar refractivity (Wildman–Crippen MR) is 133 cm³/mol. The first-order chi connectivity index (χ1) is 18.0. The molecule has 1 aliphatic rings. The largest absolute Gasteiger partial charge is 0.394 e. The quantitative estimate of drug-likeness (QED) is 0.0405. The van der Waals surface area contributed by atoms with Crippen molar-refractivity contribution < 1.29 is 64.8 Å². The number of ketones is 1. The average molecular weight is 573 g/mol. The van der Waals surface area contributed by atoms with Gasteiger partial charge < -0.3 is 65.3 Å². The topological polar surface area (TPSA) is 248 Å². The molecule has 38 heavy (non-hydrogen) atoms. The molecule has 0 spiro atoms. The summed E-state index contributed by atoms with van der Waals surface area (Å²) in [4.78, 5) is 27.4. The fraction of sp³-hybridized carbons (Fsp3) is 0.864. The van der Waals surface area contributed by atoms with E-state index in [-0.39, 0.29) is 5.78 Å². The number of carbonyl (C=O) groups is 2. The Morgan fingerprint density at radius 2 is 1.79 bits per heavy atom. The van der Waals surface area contributed by atoms with Crippen LogP contribution in [0.4, 0.5) is 0 Å². The molecule has 1 fully saturated rings. The molecule has 222 valence electrons. The van der Waals surface area contributed by atoms with Gasteiger partial charge in [-0.1, -0.05) is 5.16 Å². The zero-order valence-electron chi connectivity index (χ0n) is 21.1. The summed E-state index contributed by atoms with van der Waals surface area (Å²) in [7, 11) is 0. The Bertz CT molecular complexity index is 717. The summed E-state index contributed by atoms with van der Waals surface area (Å²) in [6.45, 7) is -0.218. The molecule has 1 rings (SSSR count). The van der Waals surface area contributed by atoms with Gasteiger partial charge in [-0.2, -0.15) is 11.8 Å². The van der Waals surface area contributed by atoms with Crippen LogP contribution in [0, 0.1) is 0 Å². The van der Waals surface area contributed by atoms with Gasteiger partial charge in [0.25, 0.3) is 5.91 Å². The number of aliphatic hydroxyl groups excluding tert-OH is 8. The molecular formula is C22H40N2O13S. The van der Waals surface area contributed by atoms with Crippen LogP contribution in [0.1, 0.15) is 26.2 Å². The van der Waals surface area contributed by atoms with E-state index in [1.807, 2.05) is 0 Å². The number of hydrogen-bond acceptors (Lipinski definition) is 15. The van der Waals surface area contributed by atoms with Gasteiger partial charge >= 0.3 is 0 Å². The number of hydrogen-bond donors (Lipinski definition) is 9. The molecule has 0 aromatic heterocycles. The van der Waals surface area contributed by atoms with Crippen molar-refractivity contribution in [1.82, 2.24) is 5.32 Å². The second-order valence-corrected chi connectivity index (χ2v) is 9.90. The fourth-order valence-corrected chi connectivity index (χ4v) is 4.17. The van der Waals surface area contributed by atoms with Gasteiger partial charge in [-0.3, -0.25) is 4.79 Å². The van der Waals surface area contributed by atoms with Crippen LogP contribution in [0.15, 0.2) is 5.16 Å². The SMILES string of the molecule is CC(=O)CCCCSCCNC(=O)CO/N=C/C(O)[C@@H](O)[C@H](O[C@@H]1OC(CO)[C@@H](O)[C@H](O)C1O)C(O)CO. The van der Waals surface area contributed by atoms with E-state index in [0.717, 1.165) is 18.6 Å². The van der Waals surface area contributed by atoms with E-state index < -0.39 is 80.8 Å². The van der Waals surface area contributed by atoms with Gasteiger partial charge in [-0.15, -0.1) is 0 Å². The predicted octanol–water partition coefficient (Wildman–Crippen LogP) is -4.14. The van der Waals surface area contributed by atoms with Gasteiger partial charge in [0.15, 0.2) is 12.9 Å². The summed E-state index contributed by atoms with van der Waals surface area (Å²) in [5, 5.41) is 84.9. The van der Waals surface area contributed by atoms with Crippen LogP contribution in [0.25, 0.3) is 0 Å². The number of nitrogens with zero attached hydrogens (tertiary/aromatic N) is 1. The Kier molecular flexibility index (Phi) is 17.1. The summed E-state index contributed by atoms with van der Waals surface area (Å²) in [5.41, 5.74) is 0. The minimum atomic E-state index is -1.96. The van der Waals surface area contributed by atoms with Crippen LogP contribution >= 0.6 is 11.8 Å². The maximum Gasteiger partial charge on any atom is 0.260 e. The number of thioether (sulfide) groups is 1. The number of Topliss-reactive ketones (excluding diaryl/α,β-unsaturated/α-hetero) is 1. The first-order valence-corrected chi connectivity index (χ1v) is 13.3. The third kappa shape index (κ3) is 12.2. The molecule has 0 aromatic rings. The Labute approximate surface area is 224 Å². The van der Waals surface area contributed by atoms with Gasteiger partial charge in [0.2, 0.25) is 0 Å². The highest BCUT2D eigenvalue weighted by Crippen LogP contribution is 2.24. The highest BCUT2D eigenvalue weighted by Gasteiger charge is 2.46. The van der Waals surface area contributed by atoms with Gasteiger partial charge in [-0.25, -0.2) is 0 Å². The number of amides is 1. The van der Waals surface area contributed by atoms with Gasteiger partial charge in [0, 0.05) is 18.7 Å².